The molecule has 3 heterocycles. The van der Waals surface area contributed by atoms with Crippen LogP contribution in [0.4, 0.5) is 5.69 Å². The second-order valence-corrected chi connectivity index (χ2v) is 6.99. The van der Waals surface area contributed by atoms with Crippen molar-refractivity contribution in [1.82, 2.24) is 19.2 Å². The van der Waals surface area contributed by atoms with E-state index in [1.165, 1.54) is 0 Å². The van der Waals surface area contributed by atoms with Crippen LogP contribution in [0.2, 0.25) is 0 Å². The van der Waals surface area contributed by atoms with E-state index in [0.29, 0.717) is 17.8 Å². The lowest BCUT2D eigenvalue weighted by molar-refractivity contribution is -0.117. The highest BCUT2D eigenvalue weighted by Gasteiger charge is 2.20. The molecule has 0 aliphatic carbocycles. The van der Waals surface area contributed by atoms with Crippen molar-refractivity contribution in [3.05, 3.63) is 66.1 Å². The van der Waals surface area contributed by atoms with Gasteiger partial charge in [0.15, 0.2) is 0 Å². The van der Waals surface area contributed by atoms with Crippen molar-refractivity contribution in [3.63, 3.8) is 0 Å². The van der Waals surface area contributed by atoms with Crippen LogP contribution in [-0.2, 0) is 11.3 Å². The van der Waals surface area contributed by atoms with Crippen LogP contribution >= 0.6 is 0 Å². The van der Waals surface area contributed by atoms with E-state index < -0.39 is 0 Å². The highest BCUT2D eigenvalue weighted by molar-refractivity contribution is 5.92. The van der Waals surface area contributed by atoms with E-state index in [4.69, 9.17) is 5.26 Å². The Hall–Kier alpha value is -3.21. The molecule has 0 atom stereocenters. The SMILES string of the molecule is N#Cc1cccc(NC(=O)CN2CCN(Cc3cn4ccccc4n3)CC2)c1. The van der Waals surface area contributed by atoms with Gasteiger partial charge in [0.1, 0.15) is 5.65 Å². The average Bonchev–Trinajstić information content (AvgIpc) is 3.12. The first-order valence-corrected chi connectivity index (χ1v) is 9.37. The predicted molar refractivity (Wildman–Crippen MR) is 107 cm³/mol. The fourth-order valence-corrected chi connectivity index (χ4v) is 3.47. The third kappa shape index (κ3) is 4.36. The maximum absolute atomic E-state index is 12.3. The zero-order chi connectivity index (χ0) is 19.3. The minimum absolute atomic E-state index is 0.0520. The van der Waals surface area contributed by atoms with Crippen LogP contribution in [0.5, 0.6) is 0 Å². The van der Waals surface area contributed by atoms with Gasteiger partial charge in [-0.15, -0.1) is 0 Å². The summed E-state index contributed by atoms with van der Waals surface area (Å²) >= 11 is 0. The number of nitrogens with zero attached hydrogens (tertiary/aromatic N) is 5. The number of pyridine rings is 1. The smallest absolute Gasteiger partial charge is 0.238 e. The summed E-state index contributed by atoms with van der Waals surface area (Å²) in [4.78, 5) is 21.5. The van der Waals surface area contributed by atoms with Gasteiger partial charge >= 0.3 is 0 Å². The molecule has 2 aromatic heterocycles. The molecule has 0 unspecified atom stereocenters. The molecule has 1 aliphatic heterocycles. The van der Waals surface area contributed by atoms with Crippen molar-refractivity contribution in [3.8, 4) is 6.07 Å². The number of carbonyl (C=O) groups excluding carboxylic acids is 1. The van der Waals surface area contributed by atoms with E-state index in [1.54, 1.807) is 24.3 Å². The fraction of sp³-hybridized carbons (Fsp3) is 0.286. The van der Waals surface area contributed by atoms with Gasteiger partial charge in [0.05, 0.1) is 23.9 Å². The number of hydrogen-bond acceptors (Lipinski definition) is 5. The van der Waals surface area contributed by atoms with Gasteiger partial charge < -0.3 is 9.72 Å². The topological polar surface area (TPSA) is 76.7 Å². The van der Waals surface area contributed by atoms with Gasteiger partial charge in [0, 0.05) is 50.8 Å². The summed E-state index contributed by atoms with van der Waals surface area (Å²) in [6.45, 7) is 4.69. The Morgan fingerprint density at radius 2 is 1.93 bits per heavy atom. The van der Waals surface area contributed by atoms with E-state index >= 15 is 0 Å². The van der Waals surface area contributed by atoms with Gasteiger partial charge in [-0.25, -0.2) is 4.98 Å². The lowest BCUT2D eigenvalue weighted by atomic mass is 10.2. The number of benzene rings is 1. The number of amides is 1. The van der Waals surface area contributed by atoms with Gasteiger partial charge in [-0.3, -0.25) is 14.6 Å². The van der Waals surface area contributed by atoms with E-state index in [9.17, 15) is 4.79 Å². The first-order chi connectivity index (χ1) is 13.7. The molecule has 0 saturated carbocycles. The monoisotopic (exact) mass is 374 g/mol. The van der Waals surface area contributed by atoms with Crippen LogP contribution in [0.1, 0.15) is 11.3 Å². The minimum atomic E-state index is -0.0520. The summed E-state index contributed by atoms with van der Waals surface area (Å²) in [5.74, 6) is -0.0520. The fourth-order valence-electron chi connectivity index (χ4n) is 3.47. The molecule has 1 aromatic carbocycles. The van der Waals surface area contributed by atoms with E-state index in [-0.39, 0.29) is 5.91 Å². The highest BCUT2D eigenvalue weighted by Crippen LogP contribution is 2.12. The summed E-state index contributed by atoms with van der Waals surface area (Å²) in [6, 6.07) is 15.1. The number of nitrogens with one attached hydrogen (secondary N) is 1. The molecule has 7 nitrogen and oxygen atoms in total. The molecule has 142 valence electrons. The van der Waals surface area contributed by atoms with E-state index in [0.717, 1.165) is 44.1 Å². The predicted octanol–water partition coefficient (Wildman–Crippen LogP) is 1.96. The van der Waals surface area contributed by atoms with Gasteiger partial charge in [-0.05, 0) is 30.3 Å². The molecule has 0 radical (unpaired) electrons. The zero-order valence-corrected chi connectivity index (χ0v) is 15.6. The summed E-state index contributed by atoms with van der Waals surface area (Å²) in [6.07, 6.45) is 4.08. The lowest BCUT2D eigenvalue weighted by Gasteiger charge is -2.33. The number of imidazole rings is 1. The van der Waals surface area contributed by atoms with E-state index in [1.807, 2.05) is 28.8 Å². The van der Waals surface area contributed by atoms with Crippen LogP contribution < -0.4 is 5.32 Å². The Balaban J connectivity index is 1.25. The Kier molecular flexibility index (Phi) is 5.33. The number of hydrogen-bond donors (Lipinski definition) is 1. The van der Waals surface area contributed by atoms with Gasteiger partial charge in [-0.2, -0.15) is 5.26 Å². The molecule has 7 heteroatoms. The Bertz CT molecular complexity index is 980. The van der Waals surface area contributed by atoms with Crippen molar-refractivity contribution in [2.75, 3.05) is 38.0 Å². The first kappa shape index (κ1) is 18.2. The van der Waals surface area contributed by atoms with Crippen LogP contribution in [-0.4, -0.2) is 57.8 Å². The van der Waals surface area contributed by atoms with Crippen LogP contribution in [0, 0.1) is 11.3 Å². The number of aromatic nitrogens is 2. The molecule has 1 fully saturated rings. The number of fused-ring (bicyclic) bond motifs is 1. The number of nitriles is 1. The average molecular weight is 374 g/mol. The molecular formula is C21H22N6O. The van der Waals surface area contributed by atoms with Gasteiger partial charge in [0.25, 0.3) is 0 Å². The van der Waals surface area contributed by atoms with Gasteiger partial charge in [0.2, 0.25) is 5.91 Å². The standard InChI is InChI=1S/C21H22N6O/c22-13-17-4-3-5-18(12-17)24-21(28)16-26-10-8-25(9-11-26)14-19-15-27-7-2-1-6-20(27)23-19/h1-7,12,15H,8-11,14,16H2,(H,24,28). The number of piperazine rings is 1. The highest BCUT2D eigenvalue weighted by atomic mass is 16.2. The number of carbonyl (C=O) groups is 1. The van der Waals surface area contributed by atoms with Crippen LogP contribution in [0.3, 0.4) is 0 Å². The molecule has 0 spiro atoms. The molecule has 1 aliphatic rings. The molecular weight excluding hydrogens is 352 g/mol. The molecule has 3 aromatic rings. The van der Waals surface area contributed by atoms with Crippen molar-refractivity contribution >= 4 is 17.2 Å². The zero-order valence-electron chi connectivity index (χ0n) is 15.6. The second kappa shape index (κ2) is 8.21. The summed E-state index contributed by atoms with van der Waals surface area (Å²) in [5.41, 5.74) is 3.23. The van der Waals surface area contributed by atoms with Crippen molar-refractivity contribution in [2.24, 2.45) is 0 Å². The molecule has 4 rings (SSSR count). The maximum Gasteiger partial charge on any atom is 0.238 e. The number of anilines is 1. The summed E-state index contributed by atoms with van der Waals surface area (Å²) in [7, 11) is 0. The van der Waals surface area contributed by atoms with Crippen molar-refractivity contribution in [2.45, 2.75) is 6.54 Å². The second-order valence-electron chi connectivity index (χ2n) is 6.99. The molecule has 1 saturated heterocycles. The third-order valence-electron chi connectivity index (χ3n) is 4.91. The molecule has 1 amide bonds. The quantitative estimate of drug-likeness (QED) is 0.739. The number of rotatable bonds is 5. The van der Waals surface area contributed by atoms with Crippen molar-refractivity contribution < 1.29 is 4.79 Å². The molecule has 1 N–H and O–H groups in total. The minimum Gasteiger partial charge on any atom is -0.325 e. The Labute approximate surface area is 163 Å². The molecule has 28 heavy (non-hydrogen) atoms. The maximum atomic E-state index is 12.3. The Morgan fingerprint density at radius 3 is 2.71 bits per heavy atom. The first-order valence-electron chi connectivity index (χ1n) is 9.37. The largest absolute Gasteiger partial charge is 0.325 e. The van der Waals surface area contributed by atoms with Crippen LogP contribution in [0.15, 0.2) is 54.9 Å². The van der Waals surface area contributed by atoms with Crippen LogP contribution in [0.25, 0.3) is 5.65 Å². The summed E-state index contributed by atoms with van der Waals surface area (Å²) < 4.78 is 2.04. The third-order valence-corrected chi connectivity index (χ3v) is 4.91. The van der Waals surface area contributed by atoms with Gasteiger partial charge in [-0.1, -0.05) is 12.1 Å². The van der Waals surface area contributed by atoms with E-state index in [2.05, 4.69) is 32.4 Å². The summed E-state index contributed by atoms with van der Waals surface area (Å²) in [5, 5.41) is 11.8. The Morgan fingerprint density at radius 1 is 1.11 bits per heavy atom. The lowest BCUT2D eigenvalue weighted by Crippen LogP contribution is -2.48. The molecule has 0 bridgehead atoms. The normalized spacial score (nSPS) is 15.4. The van der Waals surface area contributed by atoms with Crippen molar-refractivity contribution in [1.29, 1.82) is 5.26 Å².